The molecule has 90 valence electrons. The van der Waals surface area contributed by atoms with E-state index in [1.165, 1.54) is 6.26 Å². The molecule has 0 saturated carbocycles. The Morgan fingerprint density at radius 2 is 1.69 bits per heavy atom. The van der Waals surface area contributed by atoms with Crippen LogP contribution in [0.4, 0.5) is 0 Å². The first-order valence-electron chi connectivity index (χ1n) is 4.96. The van der Waals surface area contributed by atoms with Gasteiger partial charge < -0.3 is 0 Å². The minimum Gasteiger partial charge on any atom is -0.286 e. The van der Waals surface area contributed by atoms with Gasteiger partial charge in [0.1, 0.15) is 0 Å². The van der Waals surface area contributed by atoms with Gasteiger partial charge in [0.2, 0.25) is 0 Å². The highest BCUT2D eigenvalue weighted by molar-refractivity contribution is 7.87. The largest absolute Gasteiger partial charge is 0.286 e. The number of benzene rings is 1. The van der Waals surface area contributed by atoms with Gasteiger partial charge in [-0.3, -0.25) is 4.57 Å². The molecule has 0 aliphatic carbocycles. The zero-order chi connectivity index (χ0) is 12.4. The average Bonchev–Trinajstić information content (AvgIpc) is 2.16. The Balaban J connectivity index is 3.27. The summed E-state index contributed by atoms with van der Waals surface area (Å²) in [5.41, 5.74) is 0. The molecular weight excluding hydrogens is 243 g/mol. The smallest absolute Gasteiger partial charge is 0.250 e. The van der Waals surface area contributed by atoms with Gasteiger partial charge in [0.15, 0.2) is 11.1 Å². The highest BCUT2D eigenvalue weighted by Gasteiger charge is 2.41. The van der Waals surface area contributed by atoms with E-state index in [2.05, 4.69) is 0 Å². The molecule has 2 unspecified atom stereocenters. The van der Waals surface area contributed by atoms with Crippen molar-refractivity contribution in [2.75, 3.05) is 6.26 Å². The Bertz CT molecular complexity index is 423. The van der Waals surface area contributed by atoms with Gasteiger partial charge >= 0.3 is 0 Å². The Morgan fingerprint density at radius 1 is 1.19 bits per heavy atom. The quantitative estimate of drug-likeness (QED) is 0.785. The monoisotopic (exact) mass is 260 g/mol. The summed E-state index contributed by atoms with van der Waals surface area (Å²) in [4.78, 5) is 0. The molecule has 0 N–H and O–H groups in total. The minimum atomic E-state index is -3.11. The van der Waals surface area contributed by atoms with Crippen LogP contribution in [-0.2, 0) is 19.6 Å². The lowest BCUT2D eigenvalue weighted by atomic mass is 10.3. The van der Waals surface area contributed by atoms with Crippen molar-refractivity contribution in [2.45, 2.75) is 25.9 Å². The summed E-state index contributed by atoms with van der Waals surface area (Å²) in [6.07, 6.45) is 1.39. The maximum Gasteiger partial charge on any atom is 0.250 e. The van der Waals surface area contributed by atoms with Crippen LogP contribution in [-0.4, -0.2) is 15.6 Å². The van der Waals surface area contributed by atoms with Gasteiger partial charge in [-0.15, -0.1) is 0 Å². The first kappa shape index (κ1) is 13.6. The molecule has 0 spiro atoms. The van der Waals surface area contributed by atoms with Crippen LogP contribution in [0.1, 0.15) is 20.8 Å². The van der Waals surface area contributed by atoms with E-state index in [1.54, 1.807) is 24.3 Å². The van der Waals surface area contributed by atoms with Crippen LogP contribution in [0, 0.1) is 0 Å². The fraction of sp³-hybridized carbons (Fsp3) is 0.455. The third-order valence-corrected chi connectivity index (χ3v) is 6.61. The van der Waals surface area contributed by atoms with Gasteiger partial charge in [-0.25, -0.2) is 8.18 Å². The molecule has 0 fully saturated rings. The van der Waals surface area contributed by atoms with E-state index in [9.17, 15) is 8.77 Å². The molecule has 1 rings (SSSR count). The fourth-order valence-electron chi connectivity index (χ4n) is 1.31. The first-order valence-corrected chi connectivity index (χ1v) is 8.07. The minimum absolute atomic E-state index is 0.569. The van der Waals surface area contributed by atoms with E-state index < -0.39 is 23.6 Å². The van der Waals surface area contributed by atoms with Gasteiger partial charge in [0, 0.05) is 16.7 Å². The Hall–Kier alpha value is -0.440. The summed E-state index contributed by atoms with van der Waals surface area (Å²) in [6, 6.07) is 8.95. The third-order valence-electron chi connectivity index (χ3n) is 2.19. The van der Waals surface area contributed by atoms with E-state index >= 15 is 0 Å². The predicted molar refractivity (Wildman–Crippen MR) is 68.6 cm³/mol. The second-order valence-electron chi connectivity index (χ2n) is 4.53. The standard InChI is InChI=1S/C11H17O3PS/c1-11(2,3)15(12,14-16(4)13)10-8-6-5-7-9-10/h5-9H,1-4H3. The molecule has 0 heterocycles. The van der Waals surface area contributed by atoms with Gasteiger partial charge in [-0.05, 0) is 12.1 Å². The lowest BCUT2D eigenvalue weighted by Gasteiger charge is -2.29. The summed E-state index contributed by atoms with van der Waals surface area (Å²) in [6.45, 7) is 5.48. The van der Waals surface area contributed by atoms with Crippen LogP contribution in [0.15, 0.2) is 30.3 Å². The number of rotatable bonds is 3. The van der Waals surface area contributed by atoms with E-state index in [1.807, 2.05) is 26.8 Å². The molecule has 0 saturated heterocycles. The Labute approximate surface area is 99.3 Å². The van der Waals surface area contributed by atoms with Gasteiger partial charge in [0.25, 0.3) is 7.37 Å². The summed E-state index contributed by atoms with van der Waals surface area (Å²) in [5.74, 6) is 0. The average molecular weight is 260 g/mol. The summed E-state index contributed by atoms with van der Waals surface area (Å²) < 4.78 is 29.2. The van der Waals surface area contributed by atoms with Crippen LogP contribution in [0.25, 0.3) is 0 Å². The molecule has 1 aromatic rings. The van der Waals surface area contributed by atoms with Gasteiger partial charge in [-0.1, -0.05) is 39.0 Å². The summed E-state index contributed by atoms with van der Waals surface area (Å²) >= 11 is -1.55. The lowest BCUT2D eigenvalue weighted by molar-refractivity contribution is 0.475. The van der Waals surface area contributed by atoms with Crippen LogP contribution in [0.2, 0.25) is 0 Å². The molecule has 3 nitrogen and oxygen atoms in total. The van der Waals surface area contributed by atoms with Crippen molar-refractivity contribution in [3.8, 4) is 0 Å². The summed E-state index contributed by atoms with van der Waals surface area (Å²) in [5, 5.41) is 0.0396. The number of hydrogen-bond donors (Lipinski definition) is 0. The zero-order valence-corrected chi connectivity index (χ0v) is 11.7. The molecule has 0 radical (unpaired) electrons. The van der Waals surface area contributed by atoms with Crippen molar-refractivity contribution in [3.05, 3.63) is 30.3 Å². The molecule has 0 aromatic heterocycles. The summed E-state index contributed by atoms with van der Waals surface area (Å²) in [7, 11) is -3.11. The normalized spacial score (nSPS) is 17.8. The molecule has 1 aromatic carbocycles. The molecule has 0 bridgehead atoms. The van der Waals surface area contributed by atoms with E-state index in [0.717, 1.165) is 0 Å². The zero-order valence-electron chi connectivity index (χ0n) is 9.97. The van der Waals surface area contributed by atoms with Crippen LogP contribution < -0.4 is 5.30 Å². The molecule has 0 amide bonds. The van der Waals surface area contributed by atoms with Crippen LogP contribution in [0.5, 0.6) is 0 Å². The Kier molecular flexibility index (Phi) is 4.11. The van der Waals surface area contributed by atoms with Crippen molar-refractivity contribution in [3.63, 3.8) is 0 Å². The topological polar surface area (TPSA) is 43.4 Å². The Morgan fingerprint density at radius 3 is 2.06 bits per heavy atom. The van der Waals surface area contributed by atoms with E-state index in [0.29, 0.717) is 5.30 Å². The SMILES string of the molecule is CS(=O)OP(=O)(c1ccccc1)C(C)(C)C. The molecule has 5 heteroatoms. The highest BCUT2D eigenvalue weighted by atomic mass is 32.2. The lowest BCUT2D eigenvalue weighted by Crippen LogP contribution is -2.25. The van der Waals surface area contributed by atoms with Crippen molar-refractivity contribution in [2.24, 2.45) is 0 Å². The fourth-order valence-corrected chi connectivity index (χ4v) is 5.07. The third kappa shape index (κ3) is 2.82. The maximum absolute atomic E-state index is 12.8. The molecule has 16 heavy (non-hydrogen) atoms. The van der Waals surface area contributed by atoms with Gasteiger partial charge in [-0.2, -0.15) is 0 Å². The second kappa shape index (κ2) is 4.82. The molecular formula is C11H17O3PS. The van der Waals surface area contributed by atoms with Crippen molar-refractivity contribution >= 4 is 23.8 Å². The molecule has 0 aliphatic heterocycles. The first-order chi connectivity index (χ1) is 7.27. The van der Waals surface area contributed by atoms with Crippen molar-refractivity contribution < 1.29 is 12.7 Å². The molecule has 0 aliphatic rings. The van der Waals surface area contributed by atoms with Crippen LogP contribution in [0.3, 0.4) is 0 Å². The second-order valence-corrected chi connectivity index (χ2v) is 8.89. The number of hydrogen-bond acceptors (Lipinski definition) is 3. The van der Waals surface area contributed by atoms with Crippen molar-refractivity contribution in [1.82, 2.24) is 0 Å². The predicted octanol–water partition coefficient (Wildman–Crippen LogP) is 2.70. The van der Waals surface area contributed by atoms with E-state index in [4.69, 9.17) is 3.97 Å². The van der Waals surface area contributed by atoms with Crippen LogP contribution >= 0.6 is 7.37 Å². The maximum atomic E-state index is 12.8. The van der Waals surface area contributed by atoms with E-state index in [-0.39, 0.29) is 0 Å². The molecule has 2 atom stereocenters. The highest BCUT2D eigenvalue weighted by Crippen LogP contribution is 2.57. The van der Waals surface area contributed by atoms with Gasteiger partial charge in [0.05, 0.1) is 0 Å². The van der Waals surface area contributed by atoms with Crippen molar-refractivity contribution in [1.29, 1.82) is 0 Å².